The minimum Gasteiger partial charge on any atom is -0.430 e. The Morgan fingerprint density at radius 2 is 1.65 bits per heavy atom. The molecule has 0 spiro atoms. The van der Waals surface area contributed by atoms with Gasteiger partial charge in [-0.2, -0.15) is 0 Å². The van der Waals surface area contributed by atoms with Crippen molar-refractivity contribution in [1.82, 2.24) is 0 Å². The summed E-state index contributed by atoms with van der Waals surface area (Å²) in [5.41, 5.74) is 5.16. The lowest BCUT2D eigenvalue weighted by Crippen LogP contribution is -2.21. The first-order chi connectivity index (χ1) is 15.0. The lowest BCUT2D eigenvalue weighted by atomic mass is 9.87. The molecule has 0 bridgehead atoms. The fourth-order valence-electron chi connectivity index (χ4n) is 5.59. The van der Waals surface area contributed by atoms with Crippen LogP contribution in [-0.2, 0) is 36.6 Å². The van der Waals surface area contributed by atoms with Crippen molar-refractivity contribution in [3.05, 3.63) is 40.1 Å². The van der Waals surface area contributed by atoms with E-state index in [9.17, 15) is 9.59 Å². The molecule has 2 aliphatic carbocycles. The number of benzene rings is 1. The van der Waals surface area contributed by atoms with Crippen LogP contribution in [0.3, 0.4) is 0 Å². The highest BCUT2D eigenvalue weighted by Crippen LogP contribution is 2.53. The van der Waals surface area contributed by atoms with E-state index in [1.165, 1.54) is 5.56 Å². The van der Waals surface area contributed by atoms with E-state index in [1.807, 2.05) is 6.92 Å². The Hall–Kier alpha value is -1.98. The summed E-state index contributed by atoms with van der Waals surface area (Å²) in [5, 5.41) is 0. The zero-order chi connectivity index (χ0) is 22.1. The van der Waals surface area contributed by atoms with Gasteiger partial charge in [0.25, 0.3) is 0 Å². The summed E-state index contributed by atoms with van der Waals surface area (Å²) < 4.78 is 17.4. The van der Waals surface area contributed by atoms with Gasteiger partial charge < -0.3 is 14.2 Å². The van der Waals surface area contributed by atoms with Gasteiger partial charge in [-0.15, -0.1) is 0 Å². The third kappa shape index (κ3) is 4.10. The Labute approximate surface area is 185 Å². The molecule has 3 unspecified atom stereocenters. The number of rotatable bonds is 7. The molecule has 1 aliphatic heterocycles. The summed E-state index contributed by atoms with van der Waals surface area (Å²) in [7, 11) is 0. The van der Waals surface area contributed by atoms with Crippen molar-refractivity contribution in [2.24, 2.45) is 17.8 Å². The summed E-state index contributed by atoms with van der Waals surface area (Å²) in [4.78, 5) is 26.3. The standard InChI is InChI=1S/C26H34O5/c1-5-8-21(27)31-25-20-14-18(26-29-9-10-30-26)13-19(20)24(28)23(25)22-16(6-2)11-15(4)12-17(22)7-3/h11-12,18-20,26H,5-10,13-14H2,1-4H3. The zero-order valence-corrected chi connectivity index (χ0v) is 19.2. The molecule has 31 heavy (non-hydrogen) atoms. The highest BCUT2D eigenvalue weighted by Gasteiger charge is 2.52. The molecule has 1 saturated carbocycles. The summed E-state index contributed by atoms with van der Waals surface area (Å²) in [6.45, 7) is 9.50. The van der Waals surface area contributed by atoms with Gasteiger partial charge in [0.1, 0.15) is 5.76 Å². The van der Waals surface area contributed by atoms with Gasteiger partial charge >= 0.3 is 5.97 Å². The topological polar surface area (TPSA) is 61.8 Å². The average Bonchev–Trinajstić information content (AvgIpc) is 3.47. The van der Waals surface area contributed by atoms with Gasteiger partial charge in [0.2, 0.25) is 0 Å². The van der Waals surface area contributed by atoms with E-state index in [1.54, 1.807) is 0 Å². The second kappa shape index (κ2) is 9.25. The van der Waals surface area contributed by atoms with E-state index < -0.39 is 0 Å². The first-order valence-electron chi connectivity index (χ1n) is 11.8. The number of hydrogen-bond acceptors (Lipinski definition) is 5. The van der Waals surface area contributed by atoms with Gasteiger partial charge in [0, 0.05) is 24.2 Å². The highest BCUT2D eigenvalue weighted by atomic mass is 16.7. The molecular weight excluding hydrogens is 392 g/mol. The van der Waals surface area contributed by atoms with Gasteiger partial charge in [0.05, 0.1) is 18.8 Å². The predicted octanol–water partition coefficient (Wildman–Crippen LogP) is 4.77. The predicted molar refractivity (Wildman–Crippen MR) is 118 cm³/mol. The van der Waals surface area contributed by atoms with Crippen LogP contribution >= 0.6 is 0 Å². The smallest absolute Gasteiger partial charge is 0.310 e. The highest BCUT2D eigenvalue weighted by molar-refractivity contribution is 6.26. The number of esters is 1. The third-order valence-electron chi connectivity index (χ3n) is 6.93. The van der Waals surface area contributed by atoms with Crippen molar-refractivity contribution in [2.45, 2.75) is 72.5 Å². The van der Waals surface area contributed by atoms with Crippen LogP contribution in [0.15, 0.2) is 17.9 Å². The molecule has 1 aromatic carbocycles. The van der Waals surface area contributed by atoms with E-state index in [2.05, 4.69) is 32.9 Å². The number of carbonyl (C=O) groups is 2. The number of aryl methyl sites for hydroxylation is 3. The molecule has 1 aromatic rings. The molecule has 5 heteroatoms. The Bertz CT molecular complexity index is 868. The quantitative estimate of drug-likeness (QED) is 0.588. The number of carbonyl (C=O) groups excluding carboxylic acids is 2. The Balaban J connectivity index is 1.79. The Kier molecular flexibility index (Phi) is 6.63. The molecule has 0 radical (unpaired) electrons. The number of Topliss-reactive ketones (excluding diaryl/α,β-unsaturated/α-hetero) is 1. The van der Waals surface area contributed by atoms with Crippen LogP contribution in [0.2, 0.25) is 0 Å². The van der Waals surface area contributed by atoms with Crippen molar-refractivity contribution >= 4 is 17.3 Å². The molecule has 3 aliphatic rings. The Morgan fingerprint density at radius 3 is 2.23 bits per heavy atom. The fraction of sp³-hybridized carbons (Fsp3) is 0.615. The van der Waals surface area contributed by atoms with Crippen LogP contribution in [-0.4, -0.2) is 31.3 Å². The first-order valence-corrected chi connectivity index (χ1v) is 11.8. The molecular formula is C26H34O5. The number of allylic oxidation sites excluding steroid dienone is 2. The molecule has 1 heterocycles. The van der Waals surface area contributed by atoms with Crippen LogP contribution < -0.4 is 0 Å². The molecule has 4 rings (SSSR count). The van der Waals surface area contributed by atoms with Crippen molar-refractivity contribution in [2.75, 3.05) is 13.2 Å². The second-order valence-electron chi connectivity index (χ2n) is 9.05. The van der Waals surface area contributed by atoms with Crippen LogP contribution in [0.5, 0.6) is 0 Å². The maximum Gasteiger partial charge on any atom is 0.310 e. The monoisotopic (exact) mass is 426 g/mol. The van der Waals surface area contributed by atoms with Crippen LogP contribution in [0.1, 0.15) is 68.7 Å². The summed E-state index contributed by atoms with van der Waals surface area (Å²) in [6, 6.07) is 4.33. The van der Waals surface area contributed by atoms with Gasteiger partial charge in [-0.3, -0.25) is 9.59 Å². The van der Waals surface area contributed by atoms with Crippen molar-refractivity contribution in [1.29, 1.82) is 0 Å². The summed E-state index contributed by atoms with van der Waals surface area (Å²) in [5.74, 6) is 0.408. The normalized spacial score (nSPS) is 26.1. The summed E-state index contributed by atoms with van der Waals surface area (Å²) in [6.07, 6.45) is 3.98. The maximum atomic E-state index is 13.8. The molecule has 1 saturated heterocycles. The van der Waals surface area contributed by atoms with E-state index in [-0.39, 0.29) is 35.8 Å². The van der Waals surface area contributed by atoms with Crippen LogP contribution in [0, 0.1) is 24.7 Å². The van der Waals surface area contributed by atoms with E-state index in [0.29, 0.717) is 31.0 Å². The zero-order valence-electron chi connectivity index (χ0n) is 19.2. The first kappa shape index (κ1) is 22.2. The molecule has 168 valence electrons. The van der Waals surface area contributed by atoms with E-state index in [0.717, 1.165) is 48.8 Å². The largest absolute Gasteiger partial charge is 0.430 e. The van der Waals surface area contributed by atoms with Crippen LogP contribution in [0.4, 0.5) is 0 Å². The SMILES string of the molecule is CCCC(=O)OC1=C(c2c(CC)cc(C)cc2CC)C(=O)C2CC(C3OCCO3)CC12. The number of hydrogen-bond donors (Lipinski definition) is 0. The molecule has 3 atom stereocenters. The van der Waals surface area contributed by atoms with Gasteiger partial charge in [-0.1, -0.05) is 38.5 Å². The number of fused-ring (bicyclic) bond motifs is 1. The second-order valence-corrected chi connectivity index (χ2v) is 9.05. The van der Waals surface area contributed by atoms with Gasteiger partial charge in [-0.05, 0) is 55.7 Å². The number of ketones is 1. The van der Waals surface area contributed by atoms with Crippen LogP contribution in [0.25, 0.3) is 5.57 Å². The molecule has 0 N–H and O–H groups in total. The molecule has 0 aromatic heterocycles. The van der Waals surface area contributed by atoms with Gasteiger partial charge in [-0.25, -0.2) is 0 Å². The minimum absolute atomic E-state index is 0.0724. The lowest BCUT2D eigenvalue weighted by Gasteiger charge is -2.21. The maximum absolute atomic E-state index is 13.8. The molecule has 0 amide bonds. The van der Waals surface area contributed by atoms with E-state index >= 15 is 0 Å². The van der Waals surface area contributed by atoms with Crippen molar-refractivity contribution < 1.29 is 23.8 Å². The fourth-order valence-corrected chi connectivity index (χ4v) is 5.59. The lowest BCUT2D eigenvalue weighted by molar-refractivity contribution is -0.140. The third-order valence-corrected chi connectivity index (χ3v) is 6.93. The molecule has 5 nitrogen and oxygen atoms in total. The summed E-state index contributed by atoms with van der Waals surface area (Å²) >= 11 is 0. The number of ether oxygens (including phenoxy) is 3. The Morgan fingerprint density at radius 1 is 1.03 bits per heavy atom. The van der Waals surface area contributed by atoms with Gasteiger partial charge in [0.15, 0.2) is 12.1 Å². The minimum atomic E-state index is -0.247. The van der Waals surface area contributed by atoms with Crippen molar-refractivity contribution in [3.8, 4) is 0 Å². The molecule has 2 fully saturated rings. The van der Waals surface area contributed by atoms with E-state index in [4.69, 9.17) is 14.2 Å². The van der Waals surface area contributed by atoms with Crippen molar-refractivity contribution in [3.63, 3.8) is 0 Å². The average molecular weight is 427 g/mol.